The molecule has 0 saturated carbocycles. The summed E-state index contributed by atoms with van der Waals surface area (Å²) in [5.74, 6) is -0.0442. The van der Waals surface area contributed by atoms with Gasteiger partial charge in [0, 0.05) is 15.6 Å². The Labute approximate surface area is 122 Å². The van der Waals surface area contributed by atoms with Gasteiger partial charge in [-0.3, -0.25) is 0 Å². The molecule has 1 aromatic carbocycles. The summed E-state index contributed by atoms with van der Waals surface area (Å²) in [6.07, 6.45) is 1.12. The van der Waals surface area contributed by atoms with Gasteiger partial charge >= 0.3 is 0 Å². The molecule has 0 spiro atoms. The second-order valence-corrected chi connectivity index (χ2v) is 4.99. The number of halogens is 3. The molecule has 1 aromatic heterocycles. The predicted molar refractivity (Wildman–Crippen MR) is 79.0 cm³/mol. The predicted octanol–water partition coefficient (Wildman–Crippen LogP) is 3.66. The van der Waals surface area contributed by atoms with Crippen LogP contribution in [0.25, 0.3) is 0 Å². The first-order chi connectivity index (χ1) is 8.60. The first-order valence-electron chi connectivity index (χ1n) is 5.02. The average Bonchev–Trinajstić information content (AvgIpc) is 2.35. The number of hydrogen-bond acceptors (Lipinski definition) is 4. The van der Waals surface area contributed by atoms with E-state index in [9.17, 15) is 4.39 Å². The molecule has 1 heterocycles. The van der Waals surface area contributed by atoms with E-state index < -0.39 is 5.82 Å². The van der Waals surface area contributed by atoms with E-state index in [2.05, 4.69) is 43.2 Å². The van der Waals surface area contributed by atoms with Crippen molar-refractivity contribution in [1.82, 2.24) is 9.97 Å². The molecule has 0 amide bonds. The van der Waals surface area contributed by atoms with E-state index in [-0.39, 0.29) is 5.82 Å². The van der Waals surface area contributed by atoms with E-state index >= 15 is 0 Å². The van der Waals surface area contributed by atoms with E-state index in [1.807, 2.05) is 0 Å². The maximum atomic E-state index is 13.6. The first-order valence-corrected chi connectivity index (χ1v) is 6.48. The van der Waals surface area contributed by atoms with Crippen molar-refractivity contribution in [2.45, 2.75) is 0 Å². The highest BCUT2D eigenvalue weighted by atomic mass is 127. The first kappa shape index (κ1) is 13.3. The largest absolute Gasteiger partial charge is 0.357 e. The van der Waals surface area contributed by atoms with Gasteiger partial charge in [-0.1, -0.05) is 11.6 Å². The fourth-order valence-electron chi connectivity index (χ4n) is 1.29. The van der Waals surface area contributed by atoms with Crippen LogP contribution in [-0.2, 0) is 0 Å². The van der Waals surface area contributed by atoms with Crippen LogP contribution in [0.1, 0.15) is 0 Å². The molecule has 18 heavy (non-hydrogen) atoms. The second-order valence-electron chi connectivity index (χ2n) is 3.39. The van der Waals surface area contributed by atoms with Crippen LogP contribution in [0.2, 0.25) is 5.02 Å². The van der Waals surface area contributed by atoms with Crippen LogP contribution in [0.15, 0.2) is 24.4 Å². The van der Waals surface area contributed by atoms with Crippen molar-refractivity contribution >= 4 is 51.6 Å². The third kappa shape index (κ3) is 2.99. The van der Waals surface area contributed by atoms with Gasteiger partial charge in [0.25, 0.3) is 0 Å². The molecular weight excluding hydrogens is 370 g/mol. The van der Waals surface area contributed by atoms with Crippen LogP contribution in [0.5, 0.6) is 0 Å². The van der Waals surface area contributed by atoms with Crippen molar-refractivity contribution in [2.24, 2.45) is 0 Å². The highest BCUT2D eigenvalue weighted by molar-refractivity contribution is 14.1. The lowest BCUT2D eigenvalue weighted by Gasteiger charge is -2.09. The molecular formula is C11H9ClFIN4. The Kier molecular flexibility index (Phi) is 4.18. The zero-order valence-corrected chi connectivity index (χ0v) is 12.3. The number of nitrogens with one attached hydrogen (secondary N) is 2. The topological polar surface area (TPSA) is 49.8 Å². The number of benzene rings is 1. The van der Waals surface area contributed by atoms with Gasteiger partial charge in [0.2, 0.25) is 5.95 Å². The fourth-order valence-corrected chi connectivity index (χ4v) is 2.30. The normalized spacial score (nSPS) is 10.2. The van der Waals surface area contributed by atoms with Crippen molar-refractivity contribution in [3.05, 3.63) is 38.8 Å². The van der Waals surface area contributed by atoms with Gasteiger partial charge in [0.05, 0.1) is 11.9 Å². The molecule has 0 unspecified atom stereocenters. The number of hydrogen-bond donors (Lipinski definition) is 2. The lowest BCUT2D eigenvalue weighted by atomic mass is 10.3. The Bertz CT molecular complexity index is 579. The average molecular weight is 379 g/mol. The van der Waals surface area contributed by atoms with Crippen LogP contribution < -0.4 is 10.6 Å². The van der Waals surface area contributed by atoms with Gasteiger partial charge in [-0.15, -0.1) is 0 Å². The molecule has 7 heteroatoms. The number of aromatic nitrogens is 2. The lowest BCUT2D eigenvalue weighted by Crippen LogP contribution is -2.03. The summed E-state index contributed by atoms with van der Waals surface area (Å²) in [6.45, 7) is 0. The van der Waals surface area contributed by atoms with Crippen LogP contribution in [0.3, 0.4) is 0 Å². The summed E-state index contributed by atoms with van der Waals surface area (Å²) in [5, 5.41) is 6.29. The van der Waals surface area contributed by atoms with E-state index in [1.165, 1.54) is 0 Å². The molecule has 2 rings (SSSR count). The van der Waals surface area contributed by atoms with Gasteiger partial charge in [0.15, 0.2) is 11.6 Å². The number of rotatable bonds is 3. The fraction of sp³-hybridized carbons (Fsp3) is 0.0909. The quantitative estimate of drug-likeness (QED) is 0.801. The Balaban J connectivity index is 2.33. The Morgan fingerprint density at radius 1 is 1.39 bits per heavy atom. The zero-order valence-electron chi connectivity index (χ0n) is 9.34. The zero-order chi connectivity index (χ0) is 13.1. The summed E-state index contributed by atoms with van der Waals surface area (Å²) in [7, 11) is 1.67. The molecule has 0 bridgehead atoms. The van der Waals surface area contributed by atoms with Crippen LogP contribution in [0, 0.1) is 9.39 Å². The molecule has 0 aliphatic carbocycles. The minimum Gasteiger partial charge on any atom is -0.357 e. The molecule has 2 N–H and O–H groups in total. The van der Waals surface area contributed by atoms with Gasteiger partial charge in [-0.25, -0.2) is 9.37 Å². The summed E-state index contributed by atoms with van der Waals surface area (Å²) in [5.41, 5.74) is 0.736. The minimum absolute atomic E-state index is 0.120. The van der Waals surface area contributed by atoms with Gasteiger partial charge in [-0.05, 0) is 40.8 Å². The Morgan fingerprint density at radius 2 is 2.17 bits per heavy atom. The minimum atomic E-state index is -0.514. The van der Waals surface area contributed by atoms with Crippen molar-refractivity contribution in [2.75, 3.05) is 17.7 Å². The Morgan fingerprint density at radius 3 is 2.83 bits per heavy atom. The van der Waals surface area contributed by atoms with Crippen molar-refractivity contribution in [1.29, 1.82) is 0 Å². The molecule has 0 fully saturated rings. The second kappa shape index (κ2) is 5.66. The SMILES string of the molecule is CNc1ncc(F)c(Nc2ccc(Cl)cc2I)n1. The molecule has 0 aliphatic rings. The molecule has 2 aromatic rings. The summed E-state index contributed by atoms with van der Waals surface area (Å²) in [6, 6.07) is 5.28. The molecule has 94 valence electrons. The van der Waals surface area contributed by atoms with Gasteiger partial charge in [0.1, 0.15) is 0 Å². The van der Waals surface area contributed by atoms with Gasteiger partial charge in [-0.2, -0.15) is 4.98 Å². The molecule has 0 aliphatic heterocycles. The highest BCUT2D eigenvalue weighted by Crippen LogP contribution is 2.26. The van der Waals surface area contributed by atoms with E-state index in [4.69, 9.17) is 11.6 Å². The highest BCUT2D eigenvalue weighted by Gasteiger charge is 2.08. The van der Waals surface area contributed by atoms with Crippen LogP contribution in [0.4, 0.5) is 21.8 Å². The maximum absolute atomic E-state index is 13.6. The smallest absolute Gasteiger partial charge is 0.224 e. The third-order valence-corrected chi connectivity index (χ3v) is 3.28. The molecule has 4 nitrogen and oxygen atoms in total. The van der Waals surface area contributed by atoms with Crippen LogP contribution >= 0.6 is 34.2 Å². The van der Waals surface area contributed by atoms with Crippen molar-refractivity contribution in [3.8, 4) is 0 Å². The molecule has 0 radical (unpaired) electrons. The molecule has 0 saturated heterocycles. The van der Waals surface area contributed by atoms with E-state index in [1.54, 1.807) is 25.2 Å². The Hall–Kier alpha value is -1.15. The molecule has 0 atom stereocenters. The summed E-state index contributed by atoms with van der Waals surface area (Å²) < 4.78 is 14.4. The summed E-state index contributed by atoms with van der Waals surface area (Å²) >= 11 is 7.97. The van der Waals surface area contributed by atoms with Crippen molar-refractivity contribution in [3.63, 3.8) is 0 Å². The number of anilines is 3. The van der Waals surface area contributed by atoms with E-state index in [0.29, 0.717) is 11.0 Å². The standard InChI is InChI=1S/C11H9ClFIN4/c1-15-11-16-5-7(13)10(18-11)17-9-3-2-6(12)4-8(9)14/h2-5H,1H3,(H2,15,16,17,18). The monoisotopic (exact) mass is 378 g/mol. The summed E-state index contributed by atoms with van der Waals surface area (Å²) in [4.78, 5) is 7.78. The van der Waals surface area contributed by atoms with Crippen LogP contribution in [-0.4, -0.2) is 17.0 Å². The third-order valence-electron chi connectivity index (χ3n) is 2.15. The maximum Gasteiger partial charge on any atom is 0.224 e. The van der Waals surface area contributed by atoms with E-state index in [0.717, 1.165) is 15.5 Å². The number of nitrogens with zero attached hydrogens (tertiary/aromatic N) is 2. The van der Waals surface area contributed by atoms with Crippen molar-refractivity contribution < 1.29 is 4.39 Å². The lowest BCUT2D eigenvalue weighted by molar-refractivity contribution is 0.619. The van der Waals surface area contributed by atoms with Gasteiger partial charge < -0.3 is 10.6 Å².